The van der Waals surface area contributed by atoms with Gasteiger partial charge < -0.3 is 10.1 Å². The molecular weight excluding hydrogens is 270 g/mol. The van der Waals surface area contributed by atoms with Crippen LogP contribution in [0, 0.1) is 13.8 Å². The Hall–Kier alpha value is -2.76. The van der Waals surface area contributed by atoms with Crippen molar-refractivity contribution in [2.24, 2.45) is 0 Å². The van der Waals surface area contributed by atoms with E-state index in [1.165, 1.54) is 18.6 Å². The standard InChI is InChI=1S/C15H15N3O3/c1-10-3-4-12(7-11(10)2)18-14(19)9-21-15(20)13-8-16-5-6-17-13/h3-8H,9H2,1-2H3,(H,18,19). The minimum atomic E-state index is -0.682. The zero-order valence-electron chi connectivity index (χ0n) is 11.8. The second-order valence-corrected chi connectivity index (χ2v) is 4.51. The van der Waals surface area contributed by atoms with Crippen molar-refractivity contribution < 1.29 is 14.3 Å². The highest BCUT2D eigenvalue weighted by Crippen LogP contribution is 2.13. The quantitative estimate of drug-likeness (QED) is 0.867. The third-order valence-electron chi connectivity index (χ3n) is 2.90. The average Bonchev–Trinajstić information content (AvgIpc) is 2.49. The van der Waals surface area contributed by atoms with Crippen molar-refractivity contribution in [2.45, 2.75) is 13.8 Å². The zero-order valence-corrected chi connectivity index (χ0v) is 11.8. The summed E-state index contributed by atoms with van der Waals surface area (Å²) in [6.45, 7) is 3.57. The van der Waals surface area contributed by atoms with E-state index >= 15 is 0 Å². The lowest BCUT2D eigenvalue weighted by Crippen LogP contribution is -2.21. The molecule has 21 heavy (non-hydrogen) atoms. The fourth-order valence-electron chi connectivity index (χ4n) is 1.63. The Kier molecular flexibility index (Phi) is 4.61. The third kappa shape index (κ3) is 4.10. The molecule has 0 atom stereocenters. The van der Waals surface area contributed by atoms with Crippen molar-refractivity contribution in [3.8, 4) is 0 Å². The molecule has 108 valence electrons. The monoisotopic (exact) mass is 285 g/mol. The van der Waals surface area contributed by atoms with Gasteiger partial charge >= 0.3 is 5.97 Å². The van der Waals surface area contributed by atoms with Gasteiger partial charge in [0.25, 0.3) is 5.91 Å². The fourth-order valence-corrected chi connectivity index (χ4v) is 1.63. The van der Waals surface area contributed by atoms with Crippen LogP contribution in [0.5, 0.6) is 0 Å². The normalized spacial score (nSPS) is 10.0. The van der Waals surface area contributed by atoms with Gasteiger partial charge in [0.2, 0.25) is 0 Å². The van der Waals surface area contributed by atoms with Crippen molar-refractivity contribution >= 4 is 17.6 Å². The Morgan fingerprint density at radius 1 is 1.19 bits per heavy atom. The van der Waals surface area contributed by atoms with Gasteiger partial charge in [-0.25, -0.2) is 9.78 Å². The number of nitrogens with zero attached hydrogens (tertiary/aromatic N) is 2. The molecular formula is C15H15N3O3. The summed E-state index contributed by atoms with van der Waals surface area (Å²) in [5.74, 6) is -1.09. The van der Waals surface area contributed by atoms with E-state index in [0.717, 1.165) is 11.1 Å². The van der Waals surface area contributed by atoms with Crippen molar-refractivity contribution in [3.63, 3.8) is 0 Å². The first kappa shape index (κ1) is 14.6. The molecule has 0 saturated carbocycles. The molecule has 2 rings (SSSR count). The van der Waals surface area contributed by atoms with Gasteiger partial charge in [-0.05, 0) is 37.1 Å². The summed E-state index contributed by atoms with van der Waals surface area (Å²) in [5.41, 5.74) is 2.95. The molecule has 6 heteroatoms. The molecule has 0 aliphatic rings. The van der Waals surface area contributed by atoms with Crippen LogP contribution in [0.25, 0.3) is 0 Å². The lowest BCUT2D eigenvalue weighted by molar-refractivity contribution is -0.119. The topological polar surface area (TPSA) is 81.2 Å². The minimum Gasteiger partial charge on any atom is -0.451 e. The molecule has 6 nitrogen and oxygen atoms in total. The lowest BCUT2D eigenvalue weighted by Gasteiger charge is -2.08. The van der Waals surface area contributed by atoms with Gasteiger partial charge in [-0.15, -0.1) is 0 Å². The Morgan fingerprint density at radius 3 is 2.67 bits per heavy atom. The number of rotatable bonds is 4. The molecule has 0 unspecified atom stereocenters. The molecule has 0 aliphatic heterocycles. The number of carbonyl (C=O) groups excluding carboxylic acids is 2. The molecule has 0 fully saturated rings. The van der Waals surface area contributed by atoms with Crippen molar-refractivity contribution in [1.82, 2.24) is 9.97 Å². The number of nitrogens with one attached hydrogen (secondary N) is 1. The van der Waals surface area contributed by atoms with Crippen LogP contribution in [0.1, 0.15) is 21.6 Å². The minimum absolute atomic E-state index is 0.0662. The average molecular weight is 285 g/mol. The third-order valence-corrected chi connectivity index (χ3v) is 2.90. The van der Waals surface area contributed by atoms with Crippen LogP contribution in [0.2, 0.25) is 0 Å². The van der Waals surface area contributed by atoms with Gasteiger partial charge in [0.15, 0.2) is 12.3 Å². The highest BCUT2D eigenvalue weighted by molar-refractivity contribution is 5.94. The van der Waals surface area contributed by atoms with Gasteiger partial charge in [0, 0.05) is 18.1 Å². The number of hydrogen-bond acceptors (Lipinski definition) is 5. The molecule has 0 radical (unpaired) electrons. The molecule has 1 heterocycles. The predicted octanol–water partition coefficient (Wildman–Crippen LogP) is 1.89. The highest BCUT2D eigenvalue weighted by atomic mass is 16.5. The number of amides is 1. The van der Waals surface area contributed by atoms with E-state index in [1.54, 1.807) is 6.07 Å². The van der Waals surface area contributed by atoms with Crippen LogP contribution in [0.3, 0.4) is 0 Å². The van der Waals surface area contributed by atoms with Gasteiger partial charge in [-0.2, -0.15) is 0 Å². The SMILES string of the molecule is Cc1ccc(NC(=O)COC(=O)c2cnccn2)cc1C. The number of ether oxygens (including phenoxy) is 1. The van der Waals surface area contributed by atoms with E-state index in [1.807, 2.05) is 26.0 Å². The summed E-state index contributed by atoms with van der Waals surface area (Å²) < 4.78 is 4.86. The molecule has 1 aromatic carbocycles. The number of benzene rings is 1. The van der Waals surface area contributed by atoms with E-state index in [4.69, 9.17) is 4.74 Å². The molecule has 0 bridgehead atoms. The van der Waals surface area contributed by atoms with Gasteiger partial charge in [0.1, 0.15) is 0 Å². The predicted molar refractivity (Wildman–Crippen MR) is 76.9 cm³/mol. The number of aryl methyl sites for hydroxylation is 2. The highest BCUT2D eigenvalue weighted by Gasteiger charge is 2.11. The van der Waals surface area contributed by atoms with Crippen LogP contribution in [-0.2, 0) is 9.53 Å². The maximum Gasteiger partial charge on any atom is 0.359 e. The van der Waals surface area contributed by atoms with E-state index in [-0.39, 0.29) is 12.3 Å². The summed E-state index contributed by atoms with van der Waals surface area (Å²) >= 11 is 0. The van der Waals surface area contributed by atoms with Crippen LogP contribution in [0.15, 0.2) is 36.8 Å². The first-order valence-corrected chi connectivity index (χ1v) is 6.36. The second-order valence-electron chi connectivity index (χ2n) is 4.51. The van der Waals surface area contributed by atoms with Crippen LogP contribution >= 0.6 is 0 Å². The van der Waals surface area contributed by atoms with Gasteiger partial charge in [-0.1, -0.05) is 6.07 Å². The van der Waals surface area contributed by atoms with E-state index in [0.29, 0.717) is 5.69 Å². The second kappa shape index (κ2) is 6.60. The summed E-state index contributed by atoms with van der Waals surface area (Å²) in [5, 5.41) is 2.66. The van der Waals surface area contributed by atoms with E-state index in [2.05, 4.69) is 15.3 Å². The summed E-state index contributed by atoms with van der Waals surface area (Å²) in [7, 11) is 0. The van der Waals surface area contributed by atoms with Crippen molar-refractivity contribution in [3.05, 3.63) is 53.6 Å². The van der Waals surface area contributed by atoms with E-state index in [9.17, 15) is 9.59 Å². The largest absolute Gasteiger partial charge is 0.451 e. The first-order valence-electron chi connectivity index (χ1n) is 6.36. The van der Waals surface area contributed by atoms with E-state index < -0.39 is 11.9 Å². The molecule has 0 spiro atoms. The molecule has 0 saturated heterocycles. The molecule has 1 N–H and O–H groups in total. The summed E-state index contributed by atoms with van der Waals surface area (Å²) in [6, 6.07) is 5.57. The van der Waals surface area contributed by atoms with Crippen LogP contribution in [0.4, 0.5) is 5.69 Å². The Morgan fingerprint density at radius 2 is 2.00 bits per heavy atom. The zero-order chi connectivity index (χ0) is 15.2. The molecule has 2 aromatic rings. The van der Waals surface area contributed by atoms with Crippen LogP contribution < -0.4 is 5.32 Å². The fraction of sp³-hybridized carbons (Fsp3) is 0.200. The molecule has 1 amide bonds. The Labute approximate surface area is 122 Å². The van der Waals surface area contributed by atoms with Crippen molar-refractivity contribution in [2.75, 3.05) is 11.9 Å². The maximum atomic E-state index is 11.7. The summed E-state index contributed by atoms with van der Waals surface area (Å²) in [4.78, 5) is 30.9. The number of anilines is 1. The maximum absolute atomic E-state index is 11.7. The van der Waals surface area contributed by atoms with Crippen LogP contribution in [-0.4, -0.2) is 28.5 Å². The van der Waals surface area contributed by atoms with Gasteiger partial charge in [0.05, 0.1) is 6.20 Å². The van der Waals surface area contributed by atoms with Gasteiger partial charge in [-0.3, -0.25) is 9.78 Å². The smallest absolute Gasteiger partial charge is 0.359 e. The number of carbonyl (C=O) groups is 2. The summed E-state index contributed by atoms with van der Waals surface area (Å²) in [6.07, 6.45) is 4.11. The number of aromatic nitrogens is 2. The molecule has 0 aliphatic carbocycles. The molecule has 1 aromatic heterocycles. The number of hydrogen-bond donors (Lipinski definition) is 1. The number of esters is 1. The first-order chi connectivity index (χ1) is 10.1. The Balaban J connectivity index is 1.87. The Bertz CT molecular complexity index is 656. The lowest BCUT2D eigenvalue weighted by atomic mass is 10.1. The van der Waals surface area contributed by atoms with Crippen molar-refractivity contribution in [1.29, 1.82) is 0 Å².